The van der Waals surface area contributed by atoms with Gasteiger partial charge in [-0.05, 0) is 49.1 Å². The number of esters is 2. The first kappa shape index (κ1) is 32.2. The maximum absolute atomic E-state index is 15.2. The number of Topliss-reactive ketones (excluding diaryl/α,β-unsaturated/α-hetero) is 1. The number of fused-ring (bicyclic) bond motifs is 2. The molecule has 0 saturated heterocycles. The van der Waals surface area contributed by atoms with Crippen LogP contribution in [-0.4, -0.2) is 73.3 Å². The summed E-state index contributed by atoms with van der Waals surface area (Å²) in [6.45, 7) is 3.42. The number of carbonyl (C=O) groups excluding carboxylic acids is 3. The Morgan fingerprint density at radius 3 is 2.34 bits per heavy atom. The number of aromatic hydroxyl groups is 1. The van der Waals surface area contributed by atoms with E-state index in [9.17, 15) is 29.6 Å². The summed E-state index contributed by atoms with van der Waals surface area (Å²) in [5.41, 5.74) is -1.15. The second kappa shape index (κ2) is 12.3. The molecule has 1 N–H and O–H groups in total. The number of phenols is 1. The molecule has 0 amide bonds. The minimum absolute atomic E-state index is 0.00817. The highest BCUT2D eigenvalue weighted by molar-refractivity contribution is 5.86. The number of hydrogen-bond donors (Lipinski definition) is 1. The Balaban J connectivity index is 1.80. The number of carbonyl (C=O) groups is 3. The number of alkyl halides is 2. The standard InChI is InChI=1S/C28H38F2N2O9/c1-27(2)19-15-20(27)21(33)14-18(19)25-22(34)12-17(13-23(25)41-24(35)16-32(3,4)5)28(29,30)26(36)39-10-8-6-7-9-11-40-31(37)38/h12-13,18-20H,6-11,14-16H2,1-5H3/p+1/t18-,19+,20+/m0/s1. The number of benzene rings is 1. The molecule has 1 aromatic carbocycles. The predicted molar refractivity (Wildman–Crippen MR) is 141 cm³/mol. The second-order valence-electron chi connectivity index (χ2n) is 12.5. The fraction of sp³-hybridized carbons (Fsp3) is 0.679. The van der Waals surface area contributed by atoms with Crippen LogP contribution in [0.3, 0.4) is 0 Å². The zero-order chi connectivity index (χ0) is 30.8. The number of unbranched alkanes of at least 4 members (excludes halogenated alkanes) is 3. The summed E-state index contributed by atoms with van der Waals surface area (Å²) < 4.78 is 41.0. The number of phenolic OH excluding ortho intramolecular Hbond substituents is 1. The van der Waals surface area contributed by atoms with Crippen LogP contribution in [0.5, 0.6) is 11.5 Å². The van der Waals surface area contributed by atoms with Crippen LogP contribution in [0.15, 0.2) is 12.1 Å². The van der Waals surface area contributed by atoms with Crippen molar-refractivity contribution in [3.05, 3.63) is 33.4 Å². The van der Waals surface area contributed by atoms with Crippen molar-refractivity contribution in [2.75, 3.05) is 40.9 Å². The number of ether oxygens (including phenoxy) is 2. The molecule has 3 aliphatic rings. The SMILES string of the molecule is CC1(C)[C@@H]2C[C@@H]1[C@@H](c1c(O)cc(C(F)(F)C(=O)OCCCCCCO[N+](=O)[O-])cc1OC(=O)C[N+](C)(C)C)CC2=O. The Morgan fingerprint density at radius 1 is 1.15 bits per heavy atom. The van der Waals surface area contributed by atoms with Gasteiger partial charge < -0.3 is 23.9 Å². The third kappa shape index (κ3) is 7.49. The summed E-state index contributed by atoms with van der Waals surface area (Å²) in [5.74, 6) is -8.29. The Bertz CT molecular complexity index is 1180. The van der Waals surface area contributed by atoms with Crippen molar-refractivity contribution in [2.45, 2.75) is 64.2 Å². The highest BCUT2D eigenvalue weighted by atomic mass is 19.3. The van der Waals surface area contributed by atoms with Crippen molar-refractivity contribution in [1.82, 2.24) is 0 Å². The number of nitrogens with zero attached hydrogens (tertiary/aromatic N) is 2. The van der Waals surface area contributed by atoms with Crippen molar-refractivity contribution < 1.29 is 52.2 Å². The van der Waals surface area contributed by atoms with Gasteiger partial charge in [-0.25, -0.2) is 9.59 Å². The molecule has 1 aromatic rings. The van der Waals surface area contributed by atoms with E-state index in [2.05, 4.69) is 4.84 Å². The van der Waals surface area contributed by atoms with Crippen molar-refractivity contribution in [1.29, 1.82) is 0 Å². The summed E-state index contributed by atoms with van der Waals surface area (Å²) in [6.07, 6.45) is 2.31. The number of rotatable bonds is 14. The molecule has 0 spiro atoms. The van der Waals surface area contributed by atoms with Crippen LogP contribution in [0.4, 0.5) is 8.78 Å². The van der Waals surface area contributed by atoms with Gasteiger partial charge in [-0.3, -0.25) is 4.79 Å². The molecular formula is C28H39F2N2O9+. The lowest BCUT2D eigenvalue weighted by Gasteiger charge is -2.59. The van der Waals surface area contributed by atoms with Crippen LogP contribution in [0.1, 0.15) is 69.4 Å². The van der Waals surface area contributed by atoms with Crippen molar-refractivity contribution in [2.24, 2.45) is 17.3 Å². The second-order valence-corrected chi connectivity index (χ2v) is 12.5. The monoisotopic (exact) mass is 585 g/mol. The van der Waals surface area contributed by atoms with Gasteiger partial charge in [0.05, 0.1) is 34.4 Å². The maximum atomic E-state index is 15.2. The van der Waals surface area contributed by atoms with Crippen LogP contribution in [0, 0.1) is 27.4 Å². The summed E-state index contributed by atoms with van der Waals surface area (Å²) >= 11 is 0. The molecule has 0 radical (unpaired) electrons. The van der Waals surface area contributed by atoms with Crippen molar-refractivity contribution >= 4 is 17.7 Å². The smallest absolute Gasteiger partial charge is 0.381 e. The lowest BCUT2D eigenvalue weighted by molar-refractivity contribution is -0.862. The molecule has 3 atom stereocenters. The van der Waals surface area contributed by atoms with Crippen LogP contribution < -0.4 is 4.74 Å². The molecule has 41 heavy (non-hydrogen) atoms. The molecule has 228 valence electrons. The topological polar surface area (TPSA) is 142 Å². The Labute approximate surface area is 237 Å². The molecule has 0 heterocycles. The van der Waals surface area contributed by atoms with E-state index >= 15 is 8.78 Å². The molecule has 2 bridgehead atoms. The lowest BCUT2D eigenvalue weighted by atomic mass is 9.44. The number of ketones is 1. The number of halogens is 2. The minimum atomic E-state index is -4.17. The van der Waals surface area contributed by atoms with E-state index in [1.165, 1.54) is 0 Å². The molecule has 3 saturated carbocycles. The average Bonchev–Trinajstić information content (AvgIpc) is 2.83. The van der Waals surface area contributed by atoms with E-state index in [-0.39, 0.29) is 71.4 Å². The molecule has 4 rings (SSSR count). The first-order valence-electron chi connectivity index (χ1n) is 13.7. The number of hydrogen-bond acceptors (Lipinski definition) is 9. The van der Waals surface area contributed by atoms with Crippen molar-refractivity contribution in [3.63, 3.8) is 0 Å². The van der Waals surface area contributed by atoms with Crippen LogP contribution >= 0.6 is 0 Å². The molecule has 3 aliphatic carbocycles. The molecular weight excluding hydrogens is 546 g/mol. The van der Waals surface area contributed by atoms with E-state index in [0.29, 0.717) is 25.7 Å². The Kier molecular flexibility index (Phi) is 9.62. The summed E-state index contributed by atoms with van der Waals surface area (Å²) in [7, 11) is 5.24. The normalized spacial score (nSPS) is 21.5. The van der Waals surface area contributed by atoms with Gasteiger partial charge in [-0.2, -0.15) is 8.78 Å². The first-order valence-corrected chi connectivity index (χ1v) is 13.7. The fourth-order valence-electron chi connectivity index (χ4n) is 5.86. The molecule has 0 aliphatic heterocycles. The van der Waals surface area contributed by atoms with Gasteiger partial charge >= 0.3 is 17.9 Å². The zero-order valence-electron chi connectivity index (χ0n) is 24.1. The van der Waals surface area contributed by atoms with E-state index in [1.807, 2.05) is 13.8 Å². The Morgan fingerprint density at radius 2 is 1.78 bits per heavy atom. The Hall–Kier alpha value is -3.35. The molecule has 0 aromatic heterocycles. The highest BCUT2D eigenvalue weighted by Gasteiger charge is 2.59. The lowest BCUT2D eigenvalue weighted by Crippen LogP contribution is -2.56. The maximum Gasteiger partial charge on any atom is 0.381 e. The zero-order valence-corrected chi connectivity index (χ0v) is 24.1. The number of likely N-dealkylation sites (N-methyl/N-ethyl adjacent to an activating group) is 1. The first-order chi connectivity index (χ1) is 18.9. The van der Waals surface area contributed by atoms with Gasteiger partial charge in [0.1, 0.15) is 17.3 Å². The van der Waals surface area contributed by atoms with Gasteiger partial charge in [-0.1, -0.05) is 20.3 Å². The predicted octanol–water partition coefficient (Wildman–Crippen LogP) is 4.13. The molecule has 11 nitrogen and oxygen atoms in total. The van der Waals surface area contributed by atoms with Crippen LogP contribution in [0.25, 0.3) is 0 Å². The highest BCUT2D eigenvalue weighted by Crippen LogP contribution is 2.64. The largest absolute Gasteiger partial charge is 0.508 e. The van der Waals surface area contributed by atoms with E-state index in [1.54, 1.807) is 21.1 Å². The van der Waals surface area contributed by atoms with Gasteiger partial charge in [0.25, 0.3) is 5.09 Å². The summed E-state index contributed by atoms with van der Waals surface area (Å²) in [4.78, 5) is 52.2. The quantitative estimate of drug-likeness (QED) is 0.0852. The van der Waals surface area contributed by atoms with Crippen molar-refractivity contribution in [3.8, 4) is 11.5 Å². The average molecular weight is 586 g/mol. The van der Waals surface area contributed by atoms with Gasteiger partial charge in [0.15, 0.2) is 6.54 Å². The van der Waals surface area contributed by atoms with Gasteiger partial charge in [-0.15, -0.1) is 10.1 Å². The molecule has 3 fully saturated rings. The number of quaternary nitrogens is 1. The van der Waals surface area contributed by atoms with Gasteiger partial charge in [0, 0.05) is 29.4 Å². The fourth-order valence-corrected chi connectivity index (χ4v) is 5.86. The van der Waals surface area contributed by atoms with Crippen LogP contribution in [-0.2, 0) is 29.9 Å². The molecule has 0 unspecified atom stereocenters. The van der Waals surface area contributed by atoms with E-state index in [4.69, 9.17) is 9.47 Å². The minimum Gasteiger partial charge on any atom is -0.508 e. The summed E-state index contributed by atoms with van der Waals surface area (Å²) in [5, 5.41) is 20.2. The summed E-state index contributed by atoms with van der Waals surface area (Å²) in [6, 6.07) is 1.65. The third-order valence-corrected chi connectivity index (χ3v) is 8.04. The molecule has 13 heteroatoms. The third-order valence-electron chi connectivity index (χ3n) is 8.04. The van der Waals surface area contributed by atoms with Crippen LogP contribution in [0.2, 0.25) is 0 Å². The van der Waals surface area contributed by atoms with Gasteiger partial charge in [0.2, 0.25) is 0 Å². The van der Waals surface area contributed by atoms with E-state index in [0.717, 1.165) is 12.1 Å². The van der Waals surface area contributed by atoms with E-state index < -0.39 is 40.2 Å².